The fourth-order valence-electron chi connectivity index (χ4n) is 4.32. The predicted molar refractivity (Wildman–Crippen MR) is 129 cm³/mol. The third-order valence-electron chi connectivity index (χ3n) is 5.99. The van der Waals surface area contributed by atoms with Crippen LogP contribution >= 0.6 is 23.2 Å². The quantitative estimate of drug-likeness (QED) is 0.428. The number of nitrogens with zero attached hydrogens (tertiary/aromatic N) is 1. The van der Waals surface area contributed by atoms with Crippen molar-refractivity contribution in [3.63, 3.8) is 0 Å². The van der Waals surface area contributed by atoms with Crippen molar-refractivity contribution in [3.8, 4) is 0 Å². The van der Waals surface area contributed by atoms with E-state index < -0.39 is 0 Å². The molecule has 1 aliphatic rings. The van der Waals surface area contributed by atoms with E-state index in [0.29, 0.717) is 29.2 Å². The van der Waals surface area contributed by atoms with Crippen LogP contribution < -0.4 is 5.56 Å². The molecule has 0 N–H and O–H groups in total. The molecule has 1 aromatic heterocycles. The standard InChI is InChI=1S/C26H23Cl2NO3/c1-16(20-12-11-18-5-3-4-6-21(18)20)24-22(27)15-23(28)25(30)29(24)14-13-17-7-9-19(10-8-17)26(31)32-2/h3-10,15H,11-14H2,1-2H3/b20-16+. The van der Waals surface area contributed by atoms with Crippen molar-refractivity contribution >= 4 is 40.3 Å². The largest absolute Gasteiger partial charge is 0.465 e. The Kier molecular flexibility index (Phi) is 6.54. The Morgan fingerprint density at radius 2 is 1.75 bits per heavy atom. The zero-order valence-electron chi connectivity index (χ0n) is 18.0. The molecule has 4 nitrogen and oxygen atoms in total. The van der Waals surface area contributed by atoms with Crippen LogP contribution in [-0.2, 0) is 24.1 Å². The Balaban J connectivity index is 1.71. The molecule has 6 heteroatoms. The summed E-state index contributed by atoms with van der Waals surface area (Å²) in [5, 5.41) is 0.564. The van der Waals surface area contributed by atoms with Crippen molar-refractivity contribution in [3.05, 3.63) is 103 Å². The highest BCUT2D eigenvalue weighted by molar-refractivity contribution is 6.35. The summed E-state index contributed by atoms with van der Waals surface area (Å²) in [5.41, 5.74) is 6.65. The molecule has 0 amide bonds. The highest BCUT2D eigenvalue weighted by atomic mass is 35.5. The second-order valence-electron chi connectivity index (χ2n) is 7.84. The lowest BCUT2D eigenvalue weighted by atomic mass is 9.99. The first-order valence-corrected chi connectivity index (χ1v) is 11.2. The lowest BCUT2D eigenvalue weighted by Gasteiger charge is -2.18. The normalized spacial score (nSPS) is 14.2. The van der Waals surface area contributed by atoms with Crippen LogP contribution in [0.15, 0.2) is 59.4 Å². The van der Waals surface area contributed by atoms with Gasteiger partial charge in [0.15, 0.2) is 0 Å². The van der Waals surface area contributed by atoms with Gasteiger partial charge in [-0.25, -0.2) is 4.79 Å². The summed E-state index contributed by atoms with van der Waals surface area (Å²) in [7, 11) is 1.35. The van der Waals surface area contributed by atoms with Gasteiger partial charge >= 0.3 is 5.97 Å². The molecule has 32 heavy (non-hydrogen) atoms. The monoisotopic (exact) mass is 467 g/mol. The van der Waals surface area contributed by atoms with Crippen molar-refractivity contribution in [2.75, 3.05) is 7.11 Å². The molecule has 0 bridgehead atoms. The maximum absolute atomic E-state index is 13.0. The molecule has 0 radical (unpaired) electrons. The number of carbonyl (C=O) groups excluding carboxylic acids is 1. The Morgan fingerprint density at radius 1 is 1.03 bits per heavy atom. The molecule has 0 aliphatic heterocycles. The van der Waals surface area contributed by atoms with Crippen molar-refractivity contribution in [2.45, 2.75) is 32.7 Å². The van der Waals surface area contributed by atoms with Crippen LogP contribution in [0.25, 0.3) is 11.1 Å². The molecule has 1 aliphatic carbocycles. The van der Waals surface area contributed by atoms with E-state index in [2.05, 4.69) is 12.1 Å². The number of rotatable bonds is 5. The predicted octanol–water partition coefficient (Wildman–Crippen LogP) is 6.06. The molecule has 0 saturated carbocycles. The topological polar surface area (TPSA) is 48.3 Å². The van der Waals surface area contributed by atoms with Crippen LogP contribution in [0.5, 0.6) is 0 Å². The van der Waals surface area contributed by atoms with Crippen molar-refractivity contribution in [2.24, 2.45) is 0 Å². The number of benzene rings is 2. The molecular formula is C26H23Cl2NO3. The number of aryl methyl sites for hydroxylation is 2. The van der Waals surface area contributed by atoms with Gasteiger partial charge in [0.2, 0.25) is 0 Å². The van der Waals surface area contributed by atoms with Crippen LogP contribution in [0.3, 0.4) is 0 Å². The summed E-state index contributed by atoms with van der Waals surface area (Å²) >= 11 is 12.8. The minimum absolute atomic E-state index is 0.101. The first kappa shape index (κ1) is 22.4. The molecule has 4 rings (SSSR count). The average Bonchev–Trinajstić information content (AvgIpc) is 3.24. The van der Waals surface area contributed by atoms with E-state index in [4.69, 9.17) is 27.9 Å². The zero-order chi connectivity index (χ0) is 22.8. The van der Waals surface area contributed by atoms with Gasteiger partial charge in [0.1, 0.15) is 5.02 Å². The lowest BCUT2D eigenvalue weighted by molar-refractivity contribution is 0.0600. The van der Waals surface area contributed by atoms with Crippen LogP contribution in [0.1, 0.15) is 46.1 Å². The molecular weight excluding hydrogens is 445 g/mol. The third-order valence-corrected chi connectivity index (χ3v) is 6.55. The Bertz CT molecular complexity index is 1270. The first-order chi connectivity index (χ1) is 15.4. The molecule has 0 saturated heterocycles. The lowest BCUT2D eigenvalue weighted by Crippen LogP contribution is -2.25. The smallest absolute Gasteiger partial charge is 0.337 e. The summed E-state index contributed by atoms with van der Waals surface area (Å²) in [5.74, 6) is -0.379. The van der Waals surface area contributed by atoms with Gasteiger partial charge < -0.3 is 9.30 Å². The molecule has 0 atom stereocenters. The fraction of sp³-hybridized carbons (Fsp3) is 0.231. The second-order valence-corrected chi connectivity index (χ2v) is 8.66. The molecule has 3 aromatic rings. The maximum atomic E-state index is 13.0. The second kappa shape index (κ2) is 9.35. The summed E-state index contributed by atoms with van der Waals surface area (Å²) < 4.78 is 6.41. The van der Waals surface area contributed by atoms with E-state index in [1.165, 1.54) is 29.9 Å². The average molecular weight is 468 g/mol. The van der Waals surface area contributed by atoms with E-state index in [1.54, 1.807) is 16.7 Å². The molecule has 2 aromatic carbocycles. The number of hydrogen-bond acceptors (Lipinski definition) is 3. The Morgan fingerprint density at radius 3 is 2.47 bits per heavy atom. The number of pyridine rings is 1. The van der Waals surface area contributed by atoms with Gasteiger partial charge in [-0.1, -0.05) is 59.6 Å². The summed E-state index contributed by atoms with van der Waals surface area (Å²) in [6.07, 6.45) is 2.47. The van der Waals surface area contributed by atoms with Gasteiger partial charge in [0.25, 0.3) is 5.56 Å². The van der Waals surface area contributed by atoms with Crippen LogP contribution in [0, 0.1) is 0 Å². The number of aromatic nitrogens is 1. The Hall–Kier alpha value is -2.82. The van der Waals surface area contributed by atoms with E-state index in [0.717, 1.165) is 24.0 Å². The van der Waals surface area contributed by atoms with Crippen LogP contribution in [0.2, 0.25) is 10.0 Å². The van der Waals surface area contributed by atoms with Crippen LogP contribution in [0.4, 0.5) is 0 Å². The third kappa shape index (κ3) is 4.25. The van der Waals surface area contributed by atoms with Crippen molar-refractivity contribution in [1.82, 2.24) is 4.57 Å². The minimum atomic E-state index is -0.379. The number of fused-ring (bicyclic) bond motifs is 1. The fourth-order valence-corrected chi connectivity index (χ4v) is 4.94. The molecule has 0 spiro atoms. The van der Waals surface area contributed by atoms with E-state index in [-0.39, 0.29) is 16.6 Å². The summed E-state index contributed by atoms with van der Waals surface area (Å²) in [4.78, 5) is 24.7. The highest BCUT2D eigenvalue weighted by Crippen LogP contribution is 2.39. The van der Waals surface area contributed by atoms with Gasteiger partial charge in [-0.2, -0.15) is 0 Å². The number of halogens is 2. The number of methoxy groups -OCH3 is 1. The van der Waals surface area contributed by atoms with E-state index >= 15 is 0 Å². The van der Waals surface area contributed by atoms with Crippen LogP contribution in [-0.4, -0.2) is 17.6 Å². The Labute approximate surface area is 197 Å². The van der Waals surface area contributed by atoms with Gasteiger partial charge in [-0.15, -0.1) is 0 Å². The maximum Gasteiger partial charge on any atom is 0.337 e. The van der Waals surface area contributed by atoms with Crippen molar-refractivity contribution < 1.29 is 9.53 Å². The highest BCUT2D eigenvalue weighted by Gasteiger charge is 2.22. The SMILES string of the molecule is COC(=O)c1ccc(CCn2c(/C(C)=C3\CCc4ccccc43)c(Cl)cc(Cl)c2=O)cc1. The summed E-state index contributed by atoms with van der Waals surface area (Å²) in [6.45, 7) is 2.44. The van der Waals surface area contributed by atoms with E-state index in [1.807, 2.05) is 31.2 Å². The van der Waals surface area contributed by atoms with Crippen molar-refractivity contribution in [1.29, 1.82) is 0 Å². The number of hydrogen-bond donors (Lipinski definition) is 0. The minimum Gasteiger partial charge on any atom is -0.465 e. The first-order valence-electron chi connectivity index (χ1n) is 10.4. The van der Waals surface area contributed by atoms with Gasteiger partial charge in [-0.3, -0.25) is 4.79 Å². The molecule has 0 fully saturated rings. The summed E-state index contributed by atoms with van der Waals surface area (Å²) in [6, 6.07) is 17.0. The van der Waals surface area contributed by atoms with Gasteiger partial charge in [0, 0.05) is 6.54 Å². The van der Waals surface area contributed by atoms with Gasteiger partial charge in [-0.05, 0) is 72.2 Å². The number of ether oxygens (including phenoxy) is 1. The zero-order valence-corrected chi connectivity index (χ0v) is 19.5. The van der Waals surface area contributed by atoms with Gasteiger partial charge in [0.05, 0.1) is 23.4 Å². The molecule has 1 heterocycles. The number of allylic oxidation sites excluding steroid dienone is 2. The molecule has 164 valence electrons. The van der Waals surface area contributed by atoms with E-state index in [9.17, 15) is 9.59 Å². The number of carbonyl (C=O) groups is 1. The molecule has 0 unspecified atom stereocenters. The number of esters is 1.